The SMILES string of the molecule is CCC(CO)NCc1cc(Cl)c(OCc2cccc(C)c2)c(OC)c1. The number of rotatable bonds is 9. The number of methoxy groups -OCH3 is 1. The van der Waals surface area contributed by atoms with Gasteiger partial charge >= 0.3 is 0 Å². The molecule has 1 atom stereocenters. The summed E-state index contributed by atoms with van der Waals surface area (Å²) < 4.78 is 11.4. The molecule has 0 radical (unpaired) electrons. The molecule has 0 aliphatic carbocycles. The van der Waals surface area contributed by atoms with E-state index in [0.29, 0.717) is 29.7 Å². The number of nitrogens with one attached hydrogen (secondary N) is 1. The van der Waals surface area contributed by atoms with Crippen LogP contribution in [0.5, 0.6) is 11.5 Å². The Morgan fingerprint density at radius 3 is 2.64 bits per heavy atom. The highest BCUT2D eigenvalue weighted by Crippen LogP contribution is 2.37. The number of hydrogen-bond donors (Lipinski definition) is 2. The smallest absolute Gasteiger partial charge is 0.180 e. The second-order valence-corrected chi connectivity index (χ2v) is 6.46. The lowest BCUT2D eigenvalue weighted by Gasteiger charge is -2.17. The van der Waals surface area contributed by atoms with Crippen LogP contribution in [0.1, 0.15) is 30.0 Å². The fraction of sp³-hybridized carbons (Fsp3) is 0.400. The lowest BCUT2D eigenvalue weighted by molar-refractivity contribution is 0.238. The molecule has 0 heterocycles. The molecule has 0 saturated heterocycles. The van der Waals surface area contributed by atoms with Crippen LogP contribution in [0.25, 0.3) is 0 Å². The molecule has 0 aromatic heterocycles. The van der Waals surface area contributed by atoms with Gasteiger partial charge in [0.05, 0.1) is 18.7 Å². The van der Waals surface area contributed by atoms with Crippen LogP contribution < -0.4 is 14.8 Å². The third-order valence-electron chi connectivity index (χ3n) is 4.06. The summed E-state index contributed by atoms with van der Waals surface area (Å²) in [7, 11) is 1.60. The number of aryl methyl sites for hydroxylation is 1. The topological polar surface area (TPSA) is 50.7 Å². The number of aliphatic hydroxyl groups excluding tert-OH is 1. The van der Waals surface area contributed by atoms with Crippen LogP contribution in [0.3, 0.4) is 0 Å². The Morgan fingerprint density at radius 1 is 1.20 bits per heavy atom. The highest BCUT2D eigenvalue weighted by atomic mass is 35.5. The highest BCUT2D eigenvalue weighted by Gasteiger charge is 2.13. The lowest BCUT2D eigenvalue weighted by atomic mass is 10.1. The molecular formula is C20H26ClNO3. The average molecular weight is 364 g/mol. The van der Waals surface area contributed by atoms with Gasteiger partial charge in [-0.3, -0.25) is 0 Å². The fourth-order valence-corrected chi connectivity index (χ4v) is 2.86. The van der Waals surface area contributed by atoms with Crippen molar-refractivity contribution in [3.05, 3.63) is 58.1 Å². The standard InChI is InChI=1S/C20H26ClNO3/c1-4-17(12-23)22-11-16-9-18(21)20(19(10-16)24-3)25-13-15-7-5-6-14(2)8-15/h5-10,17,22-23H,4,11-13H2,1-3H3. The zero-order valence-electron chi connectivity index (χ0n) is 15.0. The van der Waals surface area contributed by atoms with Gasteiger partial charge < -0.3 is 19.9 Å². The number of ether oxygens (including phenoxy) is 2. The van der Waals surface area contributed by atoms with Crippen molar-refractivity contribution in [3.63, 3.8) is 0 Å². The molecule has 136 valence electrons. The molecule has 0 amide bonds. The van der Waals surface area contributed by atoms with Crippen LogP contribution in [0, 0.1) is 6.92 Å². The first kappa shape index (κ1) is 19.6. The van der Waals surface area contributed by atoms with Gasteiger partial charge in [-0.05, 0) is 36.6 Å². The Kier molecular flexibility index (Phi) is 7.56. The molecule has 0 aliphatic heterocycles. The number of aliphatic hydroxyl groups is 1. The molecule has 0 saturated carbocycles. The Morgan fingerprint density at radius 2 is 2.00 bits per heavy atom. The van der Waals surface area contributed by atoms with E-state index in [0.717, 1.165) is 17.5 Å². The quantitative estimate of drug-likeness (QED) is 0.704. The van der Waals surface area contributed by atoms with Gasteiger partial charge in [-0.15, -0.1) is 0 Å². The summed E-state index contributed by atoms with van der Waals surface area (Å²) in [6.07, 6.45) is 0.860. The van der Waals surface area contributed by atoms with Gasteiger partial charge in [0.2, 0.25) is 0 Å². The minimum Gasteiger partial charge on any atom is -0.493 e. The third kappa shape index (κ3) is 5.63. The van der Waals surface area contributed by atoms with Gasteiger partial charge in [0.1, 0.15) is 6.61 Å². The molecule has 0 fully saturated rings. The van der Waals surface area contributed by atoms with Gasteiger partial charge in [-0.25, -0.2) is 0 Å². The van der Waals surface area contributed by atoms with Crippen molar-refractivity contribution in [1.82, 2.24) is 5.32 Å². The molecule has 5 heteroatoms. The van der Waals surface area contributed by atoms with E-state index in [1.807, 2.05) is 31.2 Å². The molecule has 0 spiro atoms. The molecule has 2 rings (SSSR count). The largest absolute Gasteiger partial charge is 0.493 e. The Balaban J connectivity index is 2.10. The van der Waals surface area contributed by atoms with Gasteiger partial charge in [-0.1, -0.05) is 48.4 Å². The van der Waals surface area contributed by atoms with E-state index in [4.69, 9.17) is 21.1 Å². The fourth-order valence-electron chi connectivity index (χ4n) is 2.57. The zero-order chi connectivity index (χ0) is 18.2. The summed E-state index contributed by atoms with van der Waals surface area (Å²) in [6.45, 7) is 5.22. The van der Waals surface area contributed by atoms with Crippen LogP contribution in [0.2, 0.25) is 5.02 Å². The Hall–Kier alpha value is -1.75. The van der Waals surface area contributed by atoms with E-state index < -0.39 is 0 Å². The van der Waals surface area contributed by atoms with Crippen molar-refractivity contribution in [2.24, 2.45) is 0 Å². The molecule has 0 aliphatic rings. The summed E-state index contributed by atoms with van der Waals surface area (Å²) in [6, 6.07) is 12.0. The molecule has 0 bridgehead atoms. The van der Waals surface area contributed by atoms with Crippen molar-refractivity contribution in [2.45, 2.75) is 39.5 Å². The summed E-state index contributed by atoms with van der Waals surface area (Å²) in [5, 5.41) is 13.1. The summed E-state index contributed by atoms with van der Waals surface area (Å²) >= 11 is 6.41. The van der Waals surface area contributed by atoms with Crippen molar-refractivity contribution in [2.75, 3.05) is 13.7 Å². The van der Waals surface area contributed by atoms with E-state index in [2.05, 4.69) is 24.4 Å². The second kappa shape index (κ2) is 9.66. The molecule has 1 unspecified atom stereocenters. The number of halogens is 1. The van der Waals surface area contributed by atoms with Crippen LogP contribution in [0.15, 0.2) is 36.4 Å². The first-order chi connectivity index (χ1) is 12.1. The molecule has 2 aromatic carbocycles. The zero-order valence-corrected chi connectivity index (χ0v) is 15.8. The van der Waals surface area contributed by atoms with E-state index in [1.165, 1.54) is 5.56 Å². The maximum absolute atomic E-state index is 9.27. The maximum atomic E-state index is 9.27. The summed E-state index contributed by atoms with van der Waals surface area (Å²) in [5.41, 5.74) is 3.25. The Bertz CT molecular complexity index is 687. The maximum Gasteiger partial charge on any atom is 0.180 e. The first-order valence-electron chi connectivity index (χ1n) is 8.46. The summed E-state index contributed by atoms with van der Waals surface area (Å²) in [4.78, 5) is 0. The van der Waals surface area contributed by atoms with Gasteiger partial charge in [0.15, 0.2) is 11.5 Å². The normalized spacial score (nSPS) is 12.0. The minimum atomic E-state index is 0.0713. The third-order valence-corrected chi connectivity index (χ3v) is 4.34. The number of hydrogen-bond acceptors (Lipinski definition) is 4. The van der Waals surface area contributed by atoms with Gasteiger partial charge in [0.25, 0.3) is 0 Å². The van der Waals surface area contributed by atoms with Crippen LogP contribution in [-0.4, -0.2) is 24.9 Å². The Labute approximate surface area is 154 Å². The van der Waals surface area contributed by atoms with E-state index in [-0.39, 0.29) is 12.6 Å². The average Bonchev–Trinajstić information content (AvgIpc) is 2.61. The number of benzene rings is 2. The lowest BCUT2D eigenvalue weighted by Crippen LogP contribution is -2.31. The highest BCUT2D eigenvalue weighted by molar-refractivity contribution is 6.32. The monoisotopic (exact) mass is 363 g/mol. The van der Waals surface area contributed by atoms with Crippen molar-refractivity contribution in [1.29, 1.82) is 0 Å². The molecule has 2 N–H and O–H groups in total. The van der Waals surface area contributed by atoms with E-state index in [9.17, 15) is 5.11 Å². The predicted molar refractivity (Wildman–Crippen MR) is 102 cm³/mol. The second-order valence-electron chi connectivity index (χ2n) is 6.06. The molecular weight excluding hydrogens is 338 g/mol. The van der Waals surface area contributed by atoms with Crippen LogP contribution in [-0.2, 0) is 13.2 Å². The first-order valence-corrected chi connectivity index (χ1v) is 8.84. The van der Waals surface area contributed by atoms with E-state index in [1.54, 1.807) is 7.11 Å². The van der Waals surface area contributed by atoms with Crippen LogP contribution >= 0.6 is 11.6 Å². The van der Waals surface area contributed by atoms with Gasteiger partial charge in [-0.2, -0.15) is 0 Å². The molecule has 25 heavy (non-hydrogen) atoms. The van der Waals surface area contributed by atoms with Crippen molar-refractivity contribution in [3.8, 4) is 11.5 Å². The summed E-state index contributed by atoms with van der Waals surface area (Å²) in [5.74, 6) is 1.15. The van der Waals surface area contributed by atoms with E-state index >= 15 is 0 Å². The molecule has 4 nitrogen and oxygen atoms in total. The minimum absolute atomic E-state index is 0.0713. The van der Waals surface area contributed by atoms with Gasteiger partial charge in [0, 0.05) is 12.6 Å². The predicted octanol–water partition coefficient (Wildman–Crippen LogP) is 4.10. The molecule has 2 aromatic rings. The van der Waals surface area contributed by atoms with Crippen LogP contribution in [0.4, 0.5) is 0 Å². The van der Waals surface area contributed by atoms with Crippen molar-refractivity contribution < 1.29 is 14.6 Å². The van der Waals surface area contributed by atoms with Crippen molar-refractivity contribution >= 4 is 11.6 Å².